The average Bonchev–Trinajstić information content (AvgIpc) is 3.12. The van der Waals surface area contributed by atoms with E-state index in [1.165, 1.54) is 11.1 Å². The molecule has 0 aliphatic heterocycles. The molecule has 2 rings (SSSR count). The van der Waals surface area contributed by atoms with E-state index < -0.39 is 0 Å². The van der Waals surface area contributed by atoms with Crippen LogP contribution in [0.1, 0.15) is 37.8 Å². The molecule has 0 heterocycles. The van der Waals surface area contributed by atoms with E-state index in [-0.39, 0.29) is 10.8 Å². The molecule has 2 N–H and O–H groups in total. The van der Waals surface area contributed by atoms with Crippen molar-refractivity contribution in [3.8, 4) is 0 Å². The first-order chi connectivity index (χ1) is 8.88. The second-order valence-corrected chi connectivity index (χ2v) is 7.52. The van der Waals surface area contributed by atoms with E-state index in [1.54, 1.807) is 0 Å². The lowest BCUT2D eigenvalue weighted by Gasteiger charge is -2.29. The molecule has 1 aromatic carbocycles. The lowest BCUT2D eigenvalue weighted by Crippen LogP contribution is -2.37. The Hall–Kier alpha value is -0.380. The Morgan fingerprint density at radius 1 is 1.37 bits per heavy atom. The molecule has 1 aliphatic rings. The number of hydrogen-bond acceptors (Lipinski definition) is 2. The molecule has 19 heavy (non-hydrogen) atoms. The third-order valence-corrected chi connectivity index (χ3v) is 4.78. The molecule has 106 valence electrons. The zero-order chi connectivity index (χ0) is 14.1. The molecule has 1 aliphatic carbocycles. The summed E-state index contributed by atoms with van der Waals surface area (Å²) in [7, 11) is 0. The minimum absolute atomic E-state index is 0.0966. The number of hydrogen-bond donors (Lipinski definition) is 2. The van der Waals surface area contributed by atoms with Gasteiger partial charge in [0.1, 0.15) is 0 Å². The predicted molar refractivity (Wildman–Crippen MR) is 83.5 cm³/mol. The summed E-state index contributed by atoms with van der Waals surface area (Å²) in [5.41, 5.74) is 2.99. The molecule has 2 nitrogen and oxygen atoms in total. The number of rotatable bonds is 6. The van der Waals surface area contributed by atoms with E-state index >= 15 is 0 Å². The molecule has 0 unspecified atom stereocenters. The summed E-state index contributed by atoms with van der Waals surface area (Å²) < 4.78 is 1.13. The van der Waals surface area contributed by atoms with Gasteiger partial charge in [0.05, 0.1) is 0 Å². The third kappa shape index (κ3) is 3.59. The molecule has 0 spiro atoms. The highest BCUT2D eigenvalue weighted by Crippen LogP contribution is 2.44. The molecule has 0 amide bonds. The maximum atomic E-state index is 9.34. The Labute approximate surface area is 124 Å². The quantitative estimate of drug-likeness (QED) is 0.840. The fraction of sp³-hybridized carbons (Fsp3) is 0.625. The van der Waals surface area contributed by atoms with Gasteiger partial charge in [-0.2, -0.15) is 0 Å². The largest absolute Gasteiger partial charge is 0.396 e. The van der Waals surface area contributed by atoms with Crippen LogP contribution in [0.5, 0.6) is 0 Å². The van der Waals surface area contributed by atoms with Gasteiger partial charge in [-0.05, 0) is 43.0 Å². The Balaban J connectivity index is 1.99. The first-order valence-corrected chi connectivity index (χ1v) is 7.76. The third-order valence-electron chi connectivity index (χ3n) is 4.29. The van der Waals surface area contributed by atoms with Gasteiger partial charge in [0.2, 0.25) is 0 Å². The summed E-state index contributed by atoms with van der Waals surface area (Å²) in [6.45, 7) is 8.89. The van der Waals surface area contributed by atoms with E-state index in [0.29, 0.717) is 6.61 Å². The fourth-order valence-electron chi connectivity index (χ4n) is 2.63. The van der Waals surface area contributed by atoms with Crippen LogP contribution in [0.3, 0.4) is 0 Å². The Kier molecular flexibility index (Phi) is 4.38. The molecular weight excluding hydrogens is 302 g/mol. The monoisotopic (exact) mass is 325 g/mol. The van der Waals surface area contributed by atoms with E-state index in [2.05, 4.69) is 60.2 Å². The van der Waals surface area contributed by atoms with Gasteiger partial charge in [0.15, 0.2) is 0 Å². The molecule has 0 aromatic heterocycles. The zero-order valence-electron chi connectivity index (χ0n) is 12.1. The van der Waals surface area contributed by atoms with Crippen molar-refractivity contribution < 1.29 is 5.11 Å². The van der Waals surface area contributed by atoms with Gasteiger partial charge in [0, 0.05) is 35.0 Å². The Bertz CT molecular complexity index is 452. The molecule has 0 saturated heterocycles. The standard InChI is InChI=1S/C16H24BrNO/c1-12-4-5-13(17)8-14(12)15(2,3)9-18-10-16(11-19)6-7-16/h4-5,8,18-19H,6-7,9-11H2,1-3H3. The van der Waals surface area contributed by atoms with Crippen molar-refractivity contribution in [2.24, 2.45) is 5.41 Å². The number of nitrogens with one attached hydrogen (secondary N) is 1. The molecule has 1 aromatic rings. The average molecular weight is 326 g/mol. The second kappa shape index (κ2) is 5.55. The van der Waals surface area contributed by atoms with Crippen LogP contribution in [0, 0.1) is 12.3 Å². The smallest absolute Gasteiger partial charge is 0.0499 e. The van der Waals surface area contributed by atoms with Crippen molar-refractivity contribution in [2.45, 2.75) is 39.0 Å². The Morgan fingerprint density at radius 2 is 2.05 bits per heavy atom. The summed E-state index contributed by atoms with van der Waals surface area (Å²) in [5.74, 6) is 0. The van der Waals surface area contributed by atoms with Crippen LogP contribution in [-0.2, 0) is 5.41 Å². The van der Waals surface area contributed by atoms with Crippen LogP contribution in [0.15, 0.2) is 22.7 Å². The van der Waals surface area contributed by atoms with Crippen LogP contribution < -0.4 is 5.32 Å². The number of halogens is 1. The summed E-state index contributed by atoms with van der Waals surface area (Å²) in [6.07, 6.45) is 2.32. The number of aliphatic hydroxyl groups is 1. The van der Waals surface area contributed by atoms with E-state index in [1.807, 2.05) is 0 Å². The highest BCUT2D eigenvalue weighted by molar-refractivity contribution is 9.10. The van der Waals surface area contributed by atoms with Crippen LogP contribution in [0.2, 0.25) is 0 Å². The van der Waals surface area contributed by atoms with Crippen LogP contribution in [-0.4, -0.2) is 24.8 Å². The summed E-state index contributed by atoms with van der Waals surface area (Å²) in [6, 6.07) is 6.47. The molecule has 0 radical (unpaired) electrons. The maximum absolute atomic E-state index is 9.34. The van der Waals surface area contributed by atoms with Crippen molar-refractivity contribution in [2.75, 3.05) is 19.7 Å². The first kappa shape index (κ1) is 15.0. The normalized spacial score (nSPS) is 17.5. The lowest BCUT2D eigenvalue weighted by molar-refractivity contribution is 0.205. The first-order valence-electron chi connectivity index (χ1n) is 6.97. The number of benzene rings is 1. The molecule has 1 saturated carbocycles. The van der Waals surface area contributed by atoms with Crippen molar-refractivity contribution in [3.63, 3.8) is 0 Å². The summed E-state index contributed by atoms with van der Waals surface area (Å²) in [4.78, 5) is 0. The SMILES string of the molecule is Cc1ccc(Br)cc1C(C)(C)CNCC1(CO)CC1. The van der Waals surface area contributed by atoms with E-state index in [0.717, 1.165) is 30.4 Å². The fourth-order valence-corrected chi connectivity index (χ4v) is 2.99. The van der Waals surface area contributed by atoms with Crippen molar-refractivity contribution in [1.29, 1.82) is 0 Å². The van der Waals surface area contributed by atoms with Crippen molar-refractivity contribution in [3.05, 3.63) is 33.8 Å². The van der Waals surface area contributed by atoms with Gasteiger partial charge in [-0.25, -0.2) is 0 Å². The zero-order valence-corrected chi connectivity index (χ0v) is 13.7. The van der Waals surface area contributed by atoms with E-state index in [4.69, 9.17) is 0 Å². The summed E-state index contributed by atoms with van der Waals surface area (Å²) in [5, 5.41) is 12.9. The minimum atomic E-state index is 0.0966. The highest BCUT2D eigenvalue weighted by Gasteiger charge is 2.41. The van der Waals surface area contributed by atoms with Gasteiger partial charge in [-0.1, -0.05) is 35.8 Å². The van der Waals surface area contributed by atoms with Crippen molar-refractivity contribution in [1.82, 2.24) is 5.32 Å². The summed E-state index contributed by atoms with van der Waals surface area (Å²) >= 11 is 3.56. The van der Waals surface area contributed by atoms with E-state index in [9.17, 15) is 5.11 Å². The van der Waals surface area contributed by atoms with Crippen LogP contribution in [0.4, 0.5) is 0 Å². The molecule has 1 fully saturated rings. The van der Waals surface area contributed by atoms with Gasteiger partial charge in [0.25, 0.3) is 0 Å². The molecule has 0 bridgehead atoms. The van der Waals surface area contributed by atoms with Crippen LogP contribution >= 0.6 is 15.9 Å². The van der Waals surface area contributed by atoms with Gasteiger partial charge in [-0.15, -0.1) is 0 Å². The Morgan fingerprint density at radius 3 is 2.63 bits per heavy atom. The minimum Gasteiger partial charge on any atom is -0.396 e. The number of aryl methyl sites for hydroxylation is 1. The van der Waals surface area contributed by atoms with Gasteiger partial charge < -0.3 is 10.4 Å². The maximum Gasteiger partial charge on any atom is 0.0499 e. The topological polar surface area (TPSA) is 32.3 Å². The molecule has 3 heteroatoms. The van der Waals surface area contributed by atoms with Crippen molar-refractivity contribution >= 4 is 15.9 Å². The lowest BCUT2D eigenvalue weighted by atomic mass is 9.82. The van der Waals surface area contributed by atoms with Gasteiger partial charge >= 0.3 is 0 Å². The second-order valence-electron chi connectivity index (χ2n) is 6.60. The van der Waals surface area contributed by atoms with Gasteiger partial charge in [-0.3, -0.25) is 0 Å². The molecule has 0 atom stereocenters. The predicted octanol–water partition coefficient (Wildman–Crippen LogP) is 3.40. The number of aliphatic hydroxyl groups excluding tert-OH is 1. The highest BCUT2D eigenvalue weighted by atomic mass is 79.9. The van der Waals surface area contributed by atoms with Crippen LogP contribution in [0.25, 0.3) is 0 Å². The molecular formula is C16H24BrNO.